The van der Waals surface area contributed by atoms with E-state index in [4.69, 9.17) is 34.1 Å². The summed E-state index contributed by atoms with van der Waals surface area (Å²) >= 11 is 0. The molecule has 1 fully saturated rings. The summed E-state index contributed by atoms with van der Waals surface area (Å²) in [5.41, 5.74) is -1.14. The van der Waals surface area contributed by atoms with Crippen LogP contribution in [0.5, 0.6) is 11.5 Å². The van der Waals surface area contributed by atoms with E-state index in [0.717, 1.165) is 7.11 Å². The molecule has 1 aromatic carbocycles. The molecule has 3 unspecified atom stereocenters. The summed E-state index contributed by atoms with van der Waals surface area (Å²) < 4.78 is 156. The van der Waals surface area contributed by atoms with Crippen molar-refractivity contribution in [2.45, 2.75) is 45.0 Å². The maximum absolute atomic E-state index is 11.1. The lowest BCUT2D eigenvalue weighted by Crippen LogP contribution is -2.48. The number of nitrogens with zero attached hydrogens (tertiary/aromatic N) is 1. The topological polar surface area (TPSA) is 41.9 Å². The minimum absolute atomic E-state index is 0.447. The van der Waals surface area contributed by atoms with Gasteiger partial charge in [-0.05, 0) is 54.2 Å². The largest absolute Gasteiger partial charge is 0.493 e. The molecule has 3 atom stereocenters. The molecule has 1 aromatic rings. The van der Waals surface area contributed by atoms with Crippen LogP contribution in [0.25, 0.3) is 0 Å². The minimum atomic E-state index is -3.80. The van der Waals surface area contributed by atoms with Gasteiger partial charge in [0.15, 0.2) is 11.5 Å². The summed E-state index contributed by atoms with van der Waals surface area (Å²) in [6.45, 7) is -11.6. The van der Waals surface area contributed by atoms with Gasteiger partial charge in [-0.3, -0.25) is 4.90 Å². The molecule has 0 aliphatic carbocycles. The van der Waals surface area contributed by atoms with Crippen LogP contribution in [0, 0.1) is 11.8 Å². The number of piperidine rings is 1. The average Bonchev–Trinajstić information content (AvgIpc) is 2.76. The highest BCUT2D eigenvalue weighted by Gasteiger charge is 2.38. The molecule has 4 nitrogen and oxygen atoms in total. The Bertz CT molecular complexity index is 1180. The Morgan fingerprint density at radius 1 is 1.52 bits per heavy atom. The van der Waals surface area contributed by atoms with E-state index in [0.29, 0.717) is 4.90 Å². The molecule has 0 amide bonds. The molecule has 2 aliphatic heterocycles. The number of hydrogen-bond acceptors (Lipinski definition) is 4. The van der Waals surface area contributed by atoms with Gasteiger partial charge < -0.3 is 14.6 Å². The number of aliphatic hydroxyl groups is 1. The number of methoxy groups -OCH3 is 2. The van der Waals surface area contributed by atoms with Gasteiger partial charge in [-0.15, -0.1) is 0 Å². The van der Waals surface area contributed by atoms with E-state index in [1.165, 1.54) is 0 Å². The predicted octanol–water partition coefficient (Wildman–Crippen LogP) is 3.03. The molecule has 2 heterocycles. The Labute approximate surface area is 164 Å². The second kappa shape index (κ2) is 6.70. The lowest BCUT2D eigenvalue weighted by atomic mass is 9.79. The first-order chi connectivity index (χ1) is 18.1. The Hall–Kier alpha value is -1.26. The zero-order valence-corrected chi connectivity index (χ0v) is 12.4. The van der Waals surface area contributed by atoms with Gasteiger partial charge >= 0.3 is 0 Å². The third-order valence-corrected chi connectivity index (χ3v) is 3.95. The van der Waals surface area contributed by atoms with Crippen molar-refractivity contribution in [1.82, 2.24) is 4.90 Å². The van der Waals surface area contributed by atoms with E-state index in [9.17, 15) is 5.11 Å². The van der Waals surface area contributed by atoms with E-state index in [1.54, 1.807) is 0 Å². The van der Waals surface area contributed by atoms with Gasteiger partial charge in [0.2, 0.25) is 0 Å². The fourth-order valence-corrected chi connectivity index (χ4v) is 2.88. The van der Waals surface area contributed by atoms with E-state index < -0.39 is 112 Å². The number of aliphatic hydroxyl groups excluding tert-OH is 1. The van der Waals surface area contributed by atoms with E-state index in [1.807, 2.05) is 0 Å². The molecule has 2 aliphatic rings. The second-order valence-corrected chi connectivity index (χ2v) is 5.34. The van der Waals surface area contributed by atoms with Gasteiger partial charge in [0, 0.05) is 36.9 Å². The number of benzene rings is 1. The SMILES string of the molecule is [2H]c1c(OC([2H])([2H])[2H])c(OC)c([2H])c2c1C1CC(O)C(C([2H])([2H])C([2H])(C([2H])([2H])[2H])C([2H])([2H])[2H])CN1C([2H])([2H])C2([2H])[2H]. The number of ether oxygens (including phenoxy) is 2. The van der Waals surface area contributed by atoms with Crippen molar-refractivity contribution < 1.29 is 39.3 Å². The molecule has 1 saturated heterocycles. The molecule has 1 N–H and O–H groups in total. The zero-order chi connectivity index (χ0) is 32.1. The fourth-order valence-electron chi connectivity index (χ4n) is 2.88. The quantitative estimate of drug-likeness (QED) is 0.917. The Morgan fingerprint density at radius 2 is 2.35 bits per heavy atom. The molecule has 4 heteroatoms. The third-order valence-electron chi connectivity index (χ3n) is 3.95. The van der Waals surface area contributed by atoms with Gasteiger partial charge in [-0.1, -0.05) is 13.7 Å². The molecular weight excluding hydrogens is 290 g/mol. The first kappa shape index (κ1) is 5.37. The smallest absolute Gasteiger partial charge is 0.161 e. The molecule has 0 aromatic heterocycles. The monoisotopic (exact) mass is 337 g/mol. The number of fused-ring (bicyclic) bond motifs is 3. The summed E-state index contributed by atoms with van der Waals surface area (Å²) in [6.07, 6.45) is -9.37. The normalized spacial score (nSPS) is 46.1. The molecule has 23 heavy (non-hydrogen) atoms. The minimum Gasteiger partial charge on any atom is -0.493 e. The van der Waals surface area contributed by atoms with Crippen molar-refractivity contribution in [3.63, 3.8) is 0 Å². The highest BCUT2D eigenvalue weighted by Crippen LogP contribution is 2.43. The second-order valence-electron chi connectivity index (χ2n) is 5.34. The predicted molar refractivity (Wildman–Crippen MR) is 91.1 cm³/mol. The highest BCUT2D eigenvalue weighted by atomic mass is 16.5. The molecular formula is C19H29NO3. The Kier molecular flexibility index (Phi) is 1.56. The lowest BCUT2D eigenvalue weighted by molar-refractivity contribution is -0.0191. The summed E-state index contributed by atoms with van der Waals surface area (Å²) in [4.78, 5) is 0.674. The molecule has 0 saturated carbocycles. The van der Waals surface area contributed by atoms with Crippen molar-refractivity contribution >= 4 is 0 Å². The van der Waals surface area contributed by atoms with Crippen LogP contribution in [-0.4, -0.2) is 43.3 Å². The van der Waals surface area contributed by atoms with Crippen LogP contribution in [0.15, 0.2) is 12.1 Å². The number of hydrogen-bond donors (Lipinski definition) is 1. The maximum atomic E-state index is 11.1. The van der Waals surface area contributed by atoms with Crippen molar-refractivity contribution in [2.24, 2.45) is 11.8 Å². The molecule has 0 radical (unpaired) electrons. The summed E-state index contributed by atoms with van der Waals surface area (Å²) in [5.74, 6) is -7.28. The van der Waals surface area contributed by atoms with Gasteiger partial charge in [-0.2, -0.15) is 0 Å². The van der Waals surface area contributed by atoms with Gasteiger partial charge in [0.05, 0.1) is 27.1 Å². The zero-order valence-electron chi connectivity index (χ0n) is 30.4. The average molecular weight is 338 g/mol. The van der Waals surface area contributed by atoms with Crippen LogP contribution in [0.2, 0.25) is 0 Å². The lowest BCUT2D eigenvalue weighted by Gasteiger charge is -2.46. The Morgan fingerprint density at radius 3 is 3.09 bits per heavy atom. The van der Waals surface area contributed by atoms with Crippen molar-refractivity contribution in [3.05, 3.63) is 23.2 Å². The van der Waals surface area contributed by atoms with E-state index >= 15 is 0 Å². The summed E-state index contributed by atoms with van der Waals surface area (Å²) in [6, 6.07) is -3.13. The third kappa shape index (κ3) is 3.20. The van der Waals surface area contributed by atoms with Crippen LogP contribution < -0.4 is 9.47 Å². The van der Waals surface area contributed by atoms with Gasteiger partial charge in [0.25, 0.3) is 0 Å². The van der Waals surface area contributed by atoms with Crippen molar-refractivity contribution in [2.75, 3.05) is 27.2 Å². The molecule has 0 bridgehead atoms. The van der Waals surface area contributed by atoms with E-state index in [2.05, 4.69) is 0 Å². The Balaban J connectivity index is 2.30. The standard InChI is InChI=1S/C19H29NO3/c1-12(2)7-14-11-20-6-5-13-8-18(22-3)19(23-4)9-15(13)16(20)10-17(14)21/h8-9,12,14,16-17,21H,5-7,10-11H2,1-4H3/i1D3,2D3,4D3,5D2,6D2,7D2,8D,9D,12D. The van der Waals surface area contributed by atoms with Crippen LogP contribution in [0.1, 0.15) is 68.3 Å². The van der Waals surface area contributed by atoms with Crippen molar-refractivity contribution in [1.29, 1.82) is 0 Å². The van der Waals surface area contributed by atoms with Gasteiger partial charge in [-0.25, -0.2) is 0 Å². The van der Waals surface area contributed by atoms with Crippen LogP contribution in [0.4, 0.5) is 0 Å². The fraction of sp³-hybridized carbons (Fsp3) is 0.684. The van der Waals surface area contributed by atoms with Crippen LogP contribution in [0.3, 0.4) is 0 Å². The van der Waals surface area contributed by atoms with Gasteiger partial charge in [0.1, 0.15) is 0 Å². The first-order valence-electron chi connectivity index (χ1n) is 16.0. The van der Waals surface area contributed by atoms with E-state index in [-0.39, 0.29) is 0 Å². The van der Waals surface area contributed by atoms with Crippen LogP contribution in [-0.2, 0) is 6.37 Å². The van der Waals surface area contributed by atoms with Crippen molar-refractivity contribution in [3.8, 4) is 11.5 Å². The number of rotatable bonds is 4. The maximum Gasteiger partial charge on any atom is 0.161 e. The summed E-state index contributed by atoms with van der Waals surface area (Å²) in [7, 11) is -2.15. The molecule has 0 spiro atoms. The first-order valence-corrected chi connectivity index (χ1v) is 6.96. The molecule has 128 valence electrons. The summed E-state index contributed by atoms with van der Waals surface area (Å²) in [5, 5.41) is 11.1. The van der Waals surface area contributed by atoms with Crippen LogP contribution >= 0.6 is 0 Å². The molecule has 3 rings (SSSR count). The highest BCUT2D eigenvalue weighted by molar-refractivity contribution is 5.49.